The highest BCUT2D eigenvalue weighted by molar-refractivity contribution is 5.85. The van der Waals surface area contributed by atoms with Crippen LogP contribution in [-0.4, -0.2) is 44.3 Å². The Morgan fingerprint density at radius 1 is 1.04 bits per heavy atom. The van der Waals surface area contributed by atoms with Gasteiger partial charge in [0, 0.05) is 6.54 Å². The van der Waals surface area contributed by atoms with E-state index in [1.165, 1.54) is 37.1 Å². The maximum Gasteiger partial charge on any atom is 0.320 e. The lowest BCUT2D eigenvalue weighted by Gasteiger charge is -2.14. The van der Waals surface area contributed by atoms with Crippen LogP contribution in [0.1, 0.15) is 37.8 Å². The average Bonchev–Trinajstić information content (AvgIpc) is 3.32. The topological polar surface area (TPSA) is 82.1 Å². The fraction of sp³-hybridized carbons (Fsp3) is 0.476. The molecule has 3 aromatic rings. The molecule has 0 saturated carbocycles. The van der Waals surface area contributed by atoms with E-state index in [1.807, 2.05) is 4.68 Å². The monoisotopic (exact) mass is 380 g/mol. The summed E-state index contributed by atoms with van der Waals surface area (Å²) in [7, 11) is 0. The summed E-state index contributed by atoms with van der Waals surface area (Å²) >= 11 is 0. The number of nitrogens with two attached hydrogens (primary N) is 1. The third kappa shape index (κ3) is 4.25. The van der Waals surface area contributed by atoms with Crippen molar-refractivity contribution in [2.75, 3.05) is 25.4 Å². The number of fused-ring (bicyclic) bond motifs is 1. The van der Waals surface area contributed by atoms with Crippen molar-refractivity contribution in [3.8, 4) is 6.01 Å². The first-order valence-corrected chi connectivity index (χ1v) is 10.0. The molecule has 28 heavy (non-hydrogen) atoms. The van der Waals surface area contributed by atoms with Crippen molar-refractivity contribution in [2.45, 2.75) is 39.8 Å². The van der Waals surface area contributed by atoms with E-state index >= 15 is 0 Å². The second kappa shape index (κ2) is 8.14. The van der Waals surface area contributed by atoms with E-state index in [9.17, 15) is 0 Å². The highest BCUT2D eigenvalue weighted by Gasteiger charge is 2.14. The Hall–Kier alpha value is -2.67. The van der Waals surface area contributed by atoms with Crippen LogP contribution in [-0.2, 0) is 13.1 Å². The van der Waals surface area contributed by atoms with Gasteiger partial charge in [-0.25, -0.2) is 4.68 Å². The van der Waals surface area contributed by atoms with Crippen molar-refractivity contribution in [1.29, 1.82) is 0 Å². The first-order chi connectivity index (χ1) is 13.6. The third-order valence-corrected chi connectivity index (χ3v) is 5.01. The lowest BCUT2D eigenvalue weighted by molar-refractivity contribution is 0.252. The Labute approximate surface area is 165 Å². The molecule has 2 aromatic heterocycles. The van der Waals surface area contributed by atoms with E-state index in [1.54, 1.807) is 6.20 Å². The van der Waals surface area contributed by atoms with Crippen molar-refractivity contribution in [3.63, 3.8) is 0 Å². The van der Waals surface area contributed by atoms with Crippen molar-refractivity contribution in [2.24, 2.45) is 5.92 Å². The van der Waals surface area contributed by atoms with Gasteiger partial charge in [0.25, 0.3) is 0 Å². The summed E-state index contributed by atoms with van der Waals surface area (Å²) in [6, 6.07) is 9.06. The third-order valence-electron chi connectivity index (χ3n) is 5.01. The molecule has 4 rings (SSSR count). The second-order valence-electron chi connectivity index (χ2n) is 7.94. The van der Waals surface area contributed by atoms with Gasteiger partial charge in [0.2, 0.25) is 0 Å². The molecule has 1 aliphatic heterocycles. The summed E-state index contributed by atoms with van der Waals surface area (Å²) in [5.74, 6) is 0.792. The second-order valence-corrected chi connectivity index (χ2v) is 7.94. The van der Waals surface area contributed by atoms with Crippen LogP contribution in [0.15, 0.2) is 30.5 Å². The van der Waals surface area contributed by atoms with Crippen LogP contribution >= 0.6 is 0 Å². The Morgan fingerprint density at radius 2 is 1.71 bits per heavy atom. The zero-order valence-corrected chi connectivity index (χ0v) is 16.6. The summed E-state index contributed by atoms with van der Waals surface area (Å²) in [4.78, 5) is 11.3. The Bertz CT molecular complexity index is 928. The van der Waals surface area contributed by atoms with Gasteiger partial charge in [0.1, 0.15) is 5.82 Å². The molecule has 1 aliphatic rings. The van der Waals surface area contributed by atoms with Gasteiger partial charge in [-0.15, -0.1) is 0 Å². The summed E-state index contributed by atoms with van der Waals surface area (Å²) in [6.07, 6.45) is 4.36. The molecule has 0 radical (unpaired) electrons. The van der Waals surface area contributed by atoms with Gasteiger partial charge in [-0.1, -0.05) is 38.1 Å². The molecule has 0 aliphatic carbocycles. The Morgan fingerprint density at radius 3 is 2.39 bits per heavy atom. The largest absolute Gasteiger partial charge is 0.463 e. The number of benzene rings is 1. The molecular formula is C21H28N6O. The van der Waals surface area contributed by atoms with Crippen LogP contribution in [0.3, 0.4) is 0 Å². The van der Waals surface area contributed by atoms with E-state index in [0.717, 1.165) is 11.9 Å². The number of likely N-dealkylation sites (tertiary alicyclic amines) is 1. The Balaban J connectivity index is 1.50. The molecule has 0 spiro atoms. The minimum Gasteiger partial charge on any atom is -0.463 e. The summed E-state index contributed by atoms with van der Waals surface area (Å²) < 4.78 is 7.51. The highest BCUT2D eigenvalue weighted by atomic mass is 16.5. The average molecular weight is 380 g/mol. The van der Waals surface area contributed by atoms with Gasteiger partial charge < -0.3 is 10.5 Å². The van der Waals surface area contributed by atoms with Crippen LogP contribution in [0.4, 0.5) is 5.82 Å². The molecule has 2 N–H and O–H groups in total. The number of hydrogen-bond acceptors (Lipinski definition) is 6. The number of rotatable bonds is 7. The van der Waals surface area contributed by atoms with E-state index in [2.05, 4.69) is 58.1 Å². The number of aromatic nitrogens is 4. The minimum absolute atomic E-state index is 0.307. The first-order valence-electron chi connectivity index (χ1n) is 10.0. The number of hydrogen-bond donors (Lipinski definition) is 1. The summed E-state index contributed by atoms with van der Waals surface area (Å²) in [5.41, 5.74) is 9.31. The fourth-order valence-corrected chi connectivity index (χ4v) is 3.50. The van der Waals surface area contributed by atoms with Crippen molar-refractivity contribution < 1.29 is 4.74 Å². The SMILES string of the molecule is CC(C)COc1nc(N)c2cnn(Cc3ccc(CN4CCCC4)cc3)c2n1. The van der Waals surface area contributed by atoms with Gasteiger partial charge in [-0.05, 0) is 43.0 Å². The molecular weight excluding hydrogens is 352 g/mol. The van der Waals surface area contributed by atoms with Crippen LogP contribution in [0.2, 0.25) is 0 Å². The van der Waals surface area contributed by atoms with Crippen LogP contribution in [0.5, 0.6) is 6.01 Å². The summed E-state index contributed by atoms with van der Waals surface area (Å²) in [5, 5.41) is 5.22. The predicted octanol–water partition coefficient (Wildman–Crippen LogP) is 3.09. The van der Waals surface area contributed by atoms with E-state index in [0.29, 0.717) is 36.5 Å². The maximum absolute atomic E-state index is 6.08. The van der Waals surface area contributed by atoms with Gasteiger partial charge >= 0.3 is 6.01 Å². The zero-order valence-electron chi connectivity index (χ0n) is 16.6. The molecule has 7 heteroatoms. The predicted molar refractivity (Wildman–Crippen MR) is 110 cm³/mol. The molecule has 3 heterocycles. The minimum atomic E-state index is 0.307. The number of nitrogens with zero attached hydrogens (tertiary/aromatic N) is 5. The molecule has 0 amide bonds. The highest BCUT2D eigenvalue weighted by Crippen LogP contribution is 2.21. The van der Waals surface area contributed by atoms with Crippen molar-refractivity contribution in [3.05, 3.63) is 41.6 Å². The maximum atomic E-state index is 6.08. The standard InChI is InChI=1S/C21H28N6O/c1-15(2)14-28-21-24-19(22)18-11-23-27(20(18)25-21)13-17-7-5-16(6-8-17)12-26-9-3-4-10-26/h5-8,11,15H,3-4,9-10,12-14H2,1-2H3,(H2,22,24,25). The Kier molecular flexibility index (Phi) is 5.43. The zero-order chi connectivity index (χ0) is 19.5. The lowest BCUT2D eigenvalue weighted by Crippen LogP contribution is -2.18. The molecule has 1 saturated heterocycles. The van der Waals surface area contributed by atoms with Crippen LogP contribution in [0, 0.1) is 5.92 Å². The van der Waals surface area contributed by atoms with Gasteiger partial charge in [-0.3, -0.25) is 4.90 Å². The number of ether oxygens (including phenoxy) is 1. The van der Waals surface area contributed by atoms with Gasteiger partial charge in [0.15, 0.2) is 5.65 Å². The van der Waals surface area contributed by atoms with E-state index in [-0.39, 0.29) is 0 Å². The molecule has 1 fully saturated rings. The molecule has 0 bridgehead atoms. The fourth-order valence-electron chi connectivity index (χ4n) is 3.50. The molecule has 1 aromatic carbocycles. The van der Waals surface area contributed by atoms with Gasteiger partial charge in [0.05, 0.1) is 24.7 Å². The molecule has 0 unspecified atom stereocenters. The number of anilines is 1. The lowest BCUT2D eigenvalue weighted by atomic mass is 10.1. The van der Waals surface area contributed by atoms with E-state index < -0.39 is 0 Å². The number of nitrogen functional groups attached to an aromatic ring is 1. The van der Waals surface area contributed by atoms with E-state index in [4.69, 9.17) is 10.5 Å². The first kappa shape index (κ1) is 18.7. The van der Waals surface area contributed by atoms with Crippen LogP contribution < -0.4 is 10.5 Å². The summed E-state index contributed by atoms with van der Waals surface area (Å²) in [6.45, 7) is 8.81. The molecule has 148 valence electrons. The van der Waals surface area contributed by atoms with Crippen molar-refractivity contribution >= 4 is 16.9 Å². The quantitative estimate of drug-likeness (QED) is 0.678. The normalized spacial score (nSPS) is 15.0. The van der Waals surface area contributed by atoms with Crippen LogP contribution in [0.25, 0.3) is 11.0 Å². The molecule has 7 nitrogen and oxygen atoms in total. The van der Waals surface area contributed by atoms with Crippen molar-refractivity contribution in [1.82, 2.24) is 24.6 Å². The smallest absolute Gasteiger partial charge is 0.320 e. The molecule has 0 atom stereocenters. The van der Waals surface area contributed by atoms with Gasteiger partial charge in [-0.2, -0.15) is 15.1 Å².